The Bertz CT molecular complexity index is 682. The summed E-state index contributed by atoms with van der Waals surface area (Å²) >= 11 is 0. The Hall–Kier alpha value is -1.95. The fourth-order valence-electron chi connectivity index (χ4n) is 1.79. The van der Waals surface area contributed by atoms with Crippen molar-refractivity contribution < 1.29 is 13.2 Å². The van der Waals surface area contributed by atoms with Gasteiger partial charge in [-0.3, -0.25) is 9.97 Å². The first-order valence-corrected chi connectivity index (χ1v) is 7.91. The normalized spacial score (nSPS) is 11.3. The minimum Gasteiger partial charge on any atom is -0.497 e. The van der Waals surface area contributed by atoms with Crippen molar-refractivity contribution in [2.24, 2.45) is 0 Å². The number of ether oxygens (including phenoxy) is 1. The molecule has 1 aromatic carbocycles. The van der Waals surface area contributed by atoms with E-state index in [0.29, 0.717) is 17.0 Å². The van der Waals surface area contributed by atoms with Gasteiger partial charge in [-0.2, -0.15) is 0 Å². The van der Waals surface area contributed by atoms with E-state index >= 15 is 0 Å². The van der Waals surface area contributed by atoms with Crippen LogP contribution in [0.5, 0.6) is 5.75 Å². The van der Waals surface area contributed by atoms with Crippen LogP contribution in [0.25, 0.3) is 0 Å². The van der Waals surface area contributed by atoms with Crippen molar-refractivity contribution in [1.29, 1.82) is 0 Å². The molecule has 5 nitrogen and oxygen atoms in total. The van der Waals surface area contributed by atoms with Gasteiger partial charge in [-0.25, -0.2) is 8.42 Å². The molecule has 0 saturated heterocycles. The summed E-state index contributed by atoms with van der Waals surface area (Å²) in [6.45, 7) is 1.81. The van der Waals surface area contributed by atoms with Crippen molar-refractivity contribution in [2.75, 3.05) is 7.11 Å². The van der Waals surface area contributed by atoms with Gasteiger partial charge >= 0.3 is 0 Å². The average molecular weight is 292 g/mol. The van der Waals surface area contributed by atoms with Gasteiger partial charge < -0.3 is 4.74 Å². The Morgan fingerprint density at radius 1 is 1.15 bits per heavy atom. The van der Waals surface area contributed by atoms with Gasteiger partial charge in [0, 0.05) is 12.4 Å². The van der Waals surface area contributed by atoms with Crippen LogP contribution in [-0.2, 0) is 21.3 Å². The lowest BCUT2D eigenvalue weighted by molar-refractivity contribution is 0.414. The highest BCUT2D eigenvalue weighted by Crippen LogP contribution is 2.16. The molecule has 0 saturated carbocycles. The van der Waals surface area contributed by atoms with Crippen LogP contribution in [0.1, 0.15) is 17.0 Å². The summed E-state index contributed by atoms with van der Waals surface area (Å²) in [5, 5.41) is 0. The second-order valence-corrected chi connectivity index (χ2v) is 6.60. The third-order valence-corrected chi connectivity index (χ3v) is 4.23. The van der Waals surface area contributed by atoms with Crippen LogP contribution in [-0.4, -0.2) is 25.5 Å². The van der Waals surface area contributed by atoms with Crippen LogP contribution in [0.15, 0.2) is 36.7 Å². The molecule has 0 aliphatic carbocycles. The summed E-state index contributed by atoms with van der Waals surface area (Å²) in [6.07, 6.45) is 3.06. The maximum atomic E-state index is 12.1. The number of sulfone groups is 1. The second-order valence-electron chi connectivity index (χ2n) is 4.53. The van der Waals surface area contributed by atoms with E-state index in [2.05, 4.69) is 9.97 Å². The van der Waals surface area contributed by atoms with Gasteiger partial charge in [0.25, 0.3) is 0 Å². The van der Waals surface area contributed by atoms with Gasteiger partial charge in [-0.1, -0.05) is 12.1 Å². The number of benzene rings is 1. The highest BCUT2D eigenvalue weighted by Gasteiger charge is 2.14. The molecule has 1 aromatic heterocycles. The highest BCUT2D eigenvalue weighted by atomic mass is 32.2. The molecule has 0 bridgehead atoms. The van der Waals surface area contributed by atoms with Crippen molar-refractivity contribution in [1.82, 2.24) is 9.97 Å². The Kier molecular flexibility index (Phi) is 4.34. The molecule has 106 valence electrons. The van der Waals surface area contributed by atoms with Gasteiger partial charge in [0.15, 0.2) is 9.84 Å². The summed E-state index contributed by atoms with van der Waals surface area (Å²) in [5.41, 5.74) is 1.92. The van der Waals surface area contributed by atoms with Crippen molar-refractivity contribution in [2.45, 2.75) is 18.4 Å². The first kappa shape index (κ1) is 14.5. The summed E-state index contributed by atoms with van der Waals surface area (Å²) in [7, 11) is -1.73. The van der Waals surface area contributed by atoms with Crippen LogP contribution in [0.3, 0.4) is 0 Å². The molecule has 0 radical (unpaired) electrons. The predicted octanol–water partition coefficient (Wildman–Crippen LogP) is 1.91. The molecule has 0 N–H and O–H groups in total. The van der Waals surface area contributed by atoms with Gasteiger partial charge in [-0.15, -0.1) is 0 Å². The lowest BCUT2D eigenvalue weighted by atomic mass is 10.2. The molecular formula is C14H16N2O3S. The largest absolute Gasteiger partial charge is 0.497 e. The molecule has 2 aromatic rings. The van der Waals surface area contributed by atoms with Gasteiger partial charge in [0.05, 0.1) is 30.0 Å². The Labute approximate surface area is 118 Å². The van der Waals surface area contributed by atoms with Crippen LogP contribution >= 0.6 is 0 Å². The maximum absolute atomic E-state index is 12.1. The smallest absolute Gasteiger partial charge is 0.160 e. The first-order chi connectivity index (χ1) is 9.48. The van der Waals surface area contributed by atoms with E-state index in [1.807, 2.05) is 6.92 Å². The van der Waals surface area contributed by atoms with E-state index in [4.69, 9.17) is 4.74 Å². The minimum absolute atomic E-state index is 0.0419. The fraction of sp³-hybridized carbons (Fsp3) is 0.286. The number of aromatic nitrogens is 2. The molecule has 0 spiro atoms. The summed E-state index contributed by atoms with van der Waals surface area (Å²) < 4.78 is 29.4. The van der Waals surface area contributed by atoms with Crippen molar-refractivity contribution in [3.05, 3.63) is 53.6 Å². The minimum atomic E-state index is -3.28. The summed E-state index contributed by atoms with van der Waals surface area (Å²) in [5.74, 6) is 0.491. The zero-order valence-corrected chi connectivity index (χ0v) is 12.2. The van der Waals surface area contributed by atoms with Crippen LogP contribution in [0.2, 0.25) is 0 Å². The molecule has 0 aliphatic heterocycles. The molecule has 0 atom stereocenters. The third-order valence-electron chi connectivity index (χ3n) is 2.72. The van der Waals surface area contributed by atoms with E-state index in [9.17, 15) is 8.42 Å². The Morgan fingerprint density at radius 2 is 1.95 bits per heavy atom. The maximum Gasteiger partial charge on any atom is 0.160 e. The van der Waals surface area contributed by atoms with E-state index < -0.39 is 9.84 Å². The Morgan fingerprint density at radius 3 is 2.60 bits per heavy atom. The lowest BCUT2D eigenvalue weighted by Crippen LogP contribution is -2.09. The number of rotatable bonds is 5. The highest BCUT2D eigenvalue weighted by molar-refractivity contribution is 7.89. The lowest BCUT2D eigenvalue weighted by Gasteiger charge is -2.06. The fourth-order valence-corrected chi connectivity index (χ4v) is 3.18. The van der Waals surface area contributed by atoms with Crippen LogP contribution in [0.4, 0.5) is 0 Å². The summed E-state index contributed by atoms with van der Waals surface area (Å²) in [4.78, 5) is 8.12. The van der Waals surface area contributed by atoms with Crippen molar-refractivity contribution in [3.63, 3.8) is 0 Å². The van der Waals surface area contributed by atoms with E-state index in [-0.39, 0.29) is 11.5 Å². The summed E-state index contributed by atoms with van der Waals surface area (Å²) in [6, 6.07) is 7.04. The molecule has 0 aliphatic rings. The Balaban J connectivity index is 2.12. The number of hydrogen-bond donors (Lipinski definition) is 0. The SMILES string of the molecule is COc1cccc(CS(=O)(=O)Cc2cnc(C)cn2)c1. The second kappa shape index (κ2) is 6.00. The van der Waals surface area contributed by atoms with Gasteiger partial charge in [-0.05, 0) is 24.6 Å². The van der Waals surface area contributed by atoms with E-state index in [1.54, 1.807) is 37.6 Å². The van der Waals surface area contributed by atoms with E-state index in [1.165, 1.54) is 6.20 Å². The predicted molar refractivity (Wildman–Crippen MR) is 76.1 cm³/mol. The third kappa shape index (κ3) is 4.03. The monoisotopic (exact) mass is 292 g/mol. The molecule has 1 heterocycles. The topological polar surface area (TPSA) is 69.2 Å². The molecule has 2 rings (SSSR count). The van der Waals surface area contributed by atoms with Crippen LogP contribution in [0, 0.1) is 6.92 Å². The number of nitrogens with zero attached hydrogens (tertiary/aromatic N) is 2. The van der Waals surface area contributed by atoms with Crippen LogP contribution < -0.4 is 4.74 Å². The molecule has 0 amide bonds. The molecule has 0 unspecified atom stereocenters. The van der Waals surface area contributed by atoms with Gasteiger partial charge in [0.2, 0.25) is 0 Å². The molecule has 0 fully saturated rings. The zero-order chi connectivity index (χ0) is 14.6. The van der Waals surface area contributed by atoms with Crippen molar-refractivity contribution >= 4 is 9.84 Å². The number of hydrogen-bond acceptors (Lipinski definition) is 5. The van der Waals surface area contributed by atoms with Crippen molar-refractivity contribution in [3.8, 4) is 5.75 Å². The number of methoxy groups -OCH3 is 1. The molecular weight excluding hydrogens is 276 g/mol. The number of aryl methyl sites for hydroxylation is 1. The standard InChI is InChI=1S/C14H16N2O3S/c1-11-7-16-13(8-15-11)10-20(17,18)9-12-4-3-5-14(6-12)19-2/h3-8H,9-10H2,1-2H3. The molecule has 6 heteroatoms. The quantitative estimate of drug-likeness (QED) is 0.842. The molecule has 20 heavy (non-hydrogen) atoms. The average Bonchev–Trinajstić information content (AvgIpc) is 2.41. The van der Waals surface area contributed by atoms with Gasteiger partial charge in [0.1, 0.15) is 5.75 Å². The van der Waals surface area contributed by atoms with E-state index in [0.717, 1.165) is 5.69 Å². The first-order valence-electron chi connectivity index (χ1n) is 6.09. The zero-order valence-electron chi connectivity index (χ0n) is 11.4.